The van der Waals surface area contributed by atoms with Gasteiger partial charge in [0.15, 0.2) is 0 Å². The fourth-order valence-corrected chi connectivity index (χ4v) is 1.48. The fourth-order valence-electron chi connectivity index (χ4n) is 1.48. The van der Waals surface area contributed by atoms with Crippen LogP contribution in [0.3, 0.4) is 0 Å². The number of hydrazine groups is 1. The lowest BCUT2D eigenvalue weighted by Crippen LogP contribution is -2.28. The monoisotopic (exact) mass is 194 g/mol. The number of allylic oxidation sites excluding steroid dienone is 1. The lowest BCUT2D eigenvalue weighted by atomic mass is 10.0. The number of furan rings is 1. The molecule has 1 aromatic heterocycles. The highest BCUT2D eigenvalue weighted by molar-refractivity contribution is 5.20. The third-order valence-corrected chi connectivity index (χ3v) is 2.34. The Hall–Kier alpha value is -1.06. The van der Waals surface area contributed by atoms with Crippen molar-refractivity contribution in [3.05, 3.63) is 35.8 Å². The average molecular weight is 194 g/mol. The van der Waals surface area contributed by atoms with Gasteiger partial charge in [-0.3, -0.25) is 11.3 Å². The van der Waals surface area contributed by atoms with Gasteiger partial charge in [0.05, 0.1) is 6.26 Å². The third kappa shape index (κ3) is 2.72. The standard InChI is InChI=1S/C11H18N2O/c1-8(2)4-5-11(13-12)10-6-7-14-9(10)3/h6-7,11,13H,1,4-5,12H2,2-3H3. The van der Waals surface area contributed by atoms with Gasteiger partial charge in [0.2, 0.25) is 0 Å². The molecule has 0 bridgehead atoms. The summed E-state index contributed by atoms with van der Waals surface area (Å²) in [4.78, 5) is 0. The first-order valence-corrected chi connectivity index (χ1v) is 4.79. The van der Waals surface area contributed by atoms with Crippen LogP contribution in [0, 0.1) is 6.92 Å². The van der Waals surface area contributed by atoms with Gasteiger partial charge in [-0.2, -0.15) is 0 Å². The molecule has 0 saturated heterocycles. The largest absolute Gasteiger partial charge is 0.469 e. The van der Waals surface area contributed by atoms with Crippen LogP contribution in [0.4, 0.5) is 0 Å². The summed E-state index contributed by atoms with van der Waals surface area (Å²) in [6, 6.07) is 2.11. The molecule has 3 N–H and O–H groups in total. The number of hydrogen-bond acceptors (Lipinski definition) is 3. The Morgan fingerprint density at radius 2 is 2.43 bits per heavy atom. The quantitative estimate of drug-likeness (QED) is 0.430. The molecule has 1 heterocycles. The van der Waals surface area contributed by atoms with Crippen molar-refractivity contribution in [3.63, 3.8) is 0 Å². The van der Waals surface area contributed by atoms with Crippen molar-refractivity contribution in [3.8, 4) is 0 Å². The topological polar surface area (TPSA) is 51.2 Å². The predicted molar refractivity (Wildman–Crippen MR) is 57.6 cm³/mol. The second-order valence-electron chi connectivity index (χ2n) is 3.65. The van der Waals surface area contributed by atoms with Gasteiger partial charge < -0.3 is 4.42 Å². The summed E-state index contributed by atoms with van der Waals surface area (Å²) in [5.74, 6) is 6.42. The van der Waals surface area contributed by atoms with Gasteiger partial charge in [0, 0.05) is 11.6 Å². The molecule has 0 aliphatic carbocycles. The molecule has 0 fully saturated rings. The lowest BCUT2D eigenvalue weighted by Gasteiger charge is -2.14. The Morgan fingerprint density at radius 3 is 2.86 bits per heavy atom. The highest BCUT2D eigenvalue weighted by Crippen LogP contribution is 2.23. The molecule has 0 aliphatic rings. The summed E-state index contributed by atoms with van der Waals surface area (Å²) in [7, 11) is 0. The van der Waals surface area contributed by atoms with Gasteiger partial charge in [-0.15, -0.1) is 6.58 Å². The molecule has 3 nitrogen and oxygen atoms in total. The van der Waals surface area contributed by atoms with Crippen LogP contribution in [0.2, 0.25) is 0 Å². The summed E-state index contributed by atoms with van der Waals surface area (Å²) in [5, 5.41) is 0. The fraction of sp³-hybridized carbons (Fsp3) is 0.455. The van der Waals surface area contributed by atoms with E-state index in [-0.39, 0.29) is 6.04 Å². The van der Waals surface area contributed by atoms with E-state index in [1.165, 1.54) is 5.57 Å². The number of rotatable bonds is 5. The average Bonchev–Trinajstić information content (AvgIpc) is 2.53. The van der Waals surface area contributed by atoms with E-state index in [9.17, 15) is 0 Å². The zero-order valence-electron chi connectivity index (χ0n) is 8.84. The van der Waals surface area contributed by atoms with Crippen LogP contribution in [-0.2, 0) is 0 Å². The number of hydrogen-bond donors (Lipinski definition) is 2. The minimum atomic E-state index is 0.158. The molecule has 3 heteroatoms. The first-order chi connectivity index (χ1) is 6.65. The first-order valence-electron chi connectivity index (χ1n) is 4.79. The Morgan fingerprint density at radius 1 is 1.71 bits per heavy atom. The van der Waals surface area contributed by atoms with E-state index < -0.39 is 0 Å². The smallest absolute Gasteiger partial charge is 0.105 e. The van der Waals surface area contributed by atoms with Gasteiger partial charge >= 0.3 is 0 Å². The van der Waals surface area contributed by atoms with Crippen molar-refractivity contribution < 1.29 is 4.42 Å². The second kappa shape index (κ2) is 4.98. The van der Waals surface area contributed by atoms with Gasteiger partial charge in [-0.05, 0) is 32.8 Å². The molecule has 0 aliphatic heterocycles. The number of nitrogens with two attached hydrogens (primary N) is 1. The molecular formula is C11H18N2O. The molecular weight excluding hydrogens is 176 g/mol. The maximum Gasteiger partial charge on any atom is 0.105 e. The number of aryl methyl sites for hydroxylation is 1. The van der Waals surface area contributed by atoms with Gasteiger partial charge in [0.1, 0.15) is 5.76 Å². The van der Waals surface area contributed by atoms with E-state index in [1.54, 1.807) is 6.26 Å². The summed E-state index contributed by atoms with van der Waals surface area (Å²) >= 11 is 0. The SMILES string of the molecule is C=C(C)CCC(NN)c1ccoc1C. The van der Waals surface area contributed by atoms with Crippen molar-refractivity contribution in [1.82, 2.24) is 5.43 Å². The van der Waals surface area contributed by atoms with Gasteiger partial charge in [-0.25, -0.2) is 0 Å². The van der Waals surface area contributed by atoms with Crippen LogP contribution in [0.15, 0.2) is 28.9 Å². The first kappa shape index (κ1) is 11.0. The van der Waals surface area contributed by atoms with E-state index in [1.807, 2.05) is 19.9 Å². The molecule has 0 amide bonds. The van der Waals surface area contributed by atoms with Crippen LogP contribution < -0.4 is 11.3 Å². The summed E-state index contributed by atoms with van der Waals surface area (Å²) in [5.41, 5.74) is 5.11. The summed E-state index contributed by atoms with van der Waals surface area (Å²) in [6.07, 6.45) is 3.61. The highest BCUT2D eigenvalue weighted by atomic mass is 16.3. The molecule has 78 valence electrons. The van der Waals surface area contributed by atoms with E-state index in [2.05, 4.69) is 12.0 Å². The normalized spacial score (nSPS) is 12.8. The zero-order valence-corrected chi connectivity index (χ0v) is 8.84. The zero-order chi connectivity index (χ0) is 10.6. The van der Waals surface area contributed by atoms with Crippen LogP contribution in [0.5, 0.6) is 0 Å². The van der Waals surface area contributed by atoms with E-state index >= 15 is 0 Å². The van der Waals surface area contributed by atoms with Gasteiger partial charge in [0.25, 0.3) is 0 Å². The van der Waals surface area contributed by atoms with Crippen LogP contribution in [-0.4, -0.2) is 0 Å². The van der Waals surface area contributed by atoms with E-state index in [0.29, 0.717) is 0 Å². The van der Waals surface area contributed by atoms with Crippen molar-refractivity contribution in [2.45, 2.75) is 32.7 Å². The second-order valence-corrected chi connectivity index (χ2v) is 3.65. The van der Waals surface area contributed by atoms with Crippen LogP contribution >= 0.6 is 0 Å². The van der Waals surface area contributed by atoms with Crippen molar-refractivity contribution in [1.29, 1.82) is 0 Å². The highest BCUT2D eigenvalue weighted by Gasteiger charge is 2.13. The molecule has 14 heavy (non-hydrogen) atoms. The van der Waals surface area contributed by atoms with E-state index in [4.69, 9.17) is 10.3 Å². The minimum absolute atomic E-state index is 0.158. The van der Waals surface area contributed by atoms with E-state index in [0.717, 1.165) is 24.2 Å². The Bertz CT molecular complexity index is 304. The van der Waals surface area contributed by atoms with Crippen LogP contribution in [0.1, 0.15) is 37.1 Å². The Balaban J connectivity index is 2.63. The molecule has 1 atom stereocenters. The summed E-state index contributed by atoms with van der Waals surface area (Å²) in [6.45, 7) is 7.84. The predicted octanol–water partition coefficient (Wildman–Crippen LogP) is 2.45. The molecule has 0 saturated carbocycles. The minimum Gasteiger partial charge on any atom is -0.469 e. The van der Waals surface area contributed by atoms with Crippen molar-refractivity contribution in [2.75, 3.05) is 0 Å². The Kier molecular flexibility index (Phi) is 3.92. The van der Waals surface area contributed by atoms with Gasteiger partial charge in [-0.1, -0.05) is 5.57 Å². The molecule has 1 aromatic rings. The maximum atomic E-state index is 5.50. The Labute approximate surface area is 85.0 Å². The molecule has 0 radical (unpaired) electrons. The van der Waals surface area contributed by atoms with Crippen LogP contribution in [0.25, 0.3) is 0 Å². The molecule has 1 rings (SSSR count). The number of nitrogens with one attached hydrogen (secondary N) is 1. The van der Waals surface area contributed by atoms with Crippen molar-refractivity contribution in [2.24, 2.45) is 5.84 Å². The van der Waals surface area contributed by atoms with Crippen molar-refractivity contribution >= 4 is 0 Å². The lowest BCUT2D eigenvalue weighted by molar-refractivity contribution is 0.485. The third-order valence-electron chi connectivity index (χ3n) is 2.34. The molecule has 1 unspecified atom stereocenters. The molecule has 0 aromatic carbocycles. The maximum absolute atomic E-state index is 5.50. The molecule has 0 spiro atoms. The summed E-state index contributed by atoms with van der Waals surface area (Å²) < 4.78 is 5.24.